The normalized spacial score (nSPS) is 10.6. The van der Waals surface area contributed by atoms with Gasteiger partial charge in [-0.3, -0.25) is 14.3 Å². The first kappa shape index (κ1) is 20.1. The minimum absolute atomic E-state index is 0.0380. The predicted molar refractivity (Wildman–Crippen MR) is 101 cm³/mol. The third-order valence-electron chi connectivity index (χ3n) is 3.60. The fourth-order valence-electron chi connectivity index (χ4n) is 2.23. The summed E-state index contributed by atoms with van der Waals surface area (Å²) in [6.45, 7) is 5.50. The van der Waals surface area contributed by atoms with Crippen molar-refractivity contribution < 1.29 is 19.1 Å². The molecule has 0 aliphatic heterocycles. The van der Waals surface area contributed by atoms with Crippen LogP contribution in [0.4, 0.5) is 5.00 Å². The molecular weight excluding hydrogens is 424 g/mol. The van der Waals surface area contributed by atoms with Crippen LogP contribution in [0.3, 0.4) is 0 Å². The number of aromatic nitrogens is 2. The number of thiophene rings is 1. The summed E-state index contributed by atoms with van der Waals surface area (Å²) in [5.41, 5.74) is 6.71. The molecule has 140 valence electrons. The molecule has 0 atom stereocenters. The Morgan fingerprint density at radius 3 is 2.62 bits per heavy atom. The number of hydrogen-bond acceptors (Lipinski definition) is 6. The van der Waals surface area contributed by atoms with Gasteiger partial charge in [-0.15, -0.1) is 11.3 Å². The van der Waals surface area contributed by atoms with Crippen molar-refractivity contribution in [1.82, 2.24) is 9.78 Å². The van der Waals surface area contributed by atoms with Gasteiger partial charge in [0.05, 0.1) is 33.4 Å². The van der Waals surface area contributed by atoms with Crippen LogP contribution in [0.1, 0.15) is 44.6 Å². The Kier molecular flexibility index (Phi) is 6.54. The Morgan fingerprint density at radius 1 is 1.38 bits per heavy atom. The molecule has 0 aliphatic rings. The number of anilines is 1. The molecule has 0 radical (unpaired) electrons. The summed E-state index contributed by atoms with van der Waals surface area (Å²) in [6.07, 6.45) is 2.25. The van der Waals surface area contributed by atoms with Gasteiger partial charge in [-0.1, -0.05) is 6.92 Å². The highest BCUT2D eigenvalue weighted by Crippen LogP contribution is 2.33. The zero-order valence-corrected chi connectivity index (χ0v) is 17.0. The molecule has 26 heavy (non-hydrogen) atoms. The van der Waals surface area contributed by atoms with E-state index in [-0.39, 0.29) is 34.5 Å². The van der Waals surface area contributed by atoms with E-state index in [2.05, 4.69) is 26.3 Å². The van der Waals surface area contributed by atoms with Crippen LogP contribution in [-0.4, -0.2) is 34.2 Å². The number of hydrogen-bond donors (Lipinski definition) is 2. The third-order valence-corrected chi connectivity index (χ3v) is 5.60. The number of rotatable bonds is 7. The first-order valence-electron chi connectivity index (χ1n) is 7.84. The van der Waals surface area contributed by atoms with Gasteiger partial charge in [-0.2, -0.15) is 5.10 Å². The van der Waals surface area contributed by atoms with Gasteiger partial charge in [-0.25, -0.2) is 4.79 Å². The highest BCUT2D eigenvalue weighted by atomic mass is 79.9. The van der Waals surface area contributed by atoms with Crippen molar-refractivity contribution in [2.45, 2.75) is 33.7 Å². The number of carbonyl (C=O) groups excluding carboxylic acids is 3. The van der Waals surface area contributed by atoms with E-state index in [9.17, 15) is 14.4 Å². The summed E-state index contributed by atoms with van der Waals surface area (Å²) in [4.78, 5) is 36.5. The summed E-state index contributed by atoms with van der Waals surface area (Å²) >= 11 is 4.29. The van der Waals surface area contributed by atoms with Crippen molar-refractivity contribution in [1.29, 1.82) is 0 Å². The van der Waals surface area contributed by atoms with E-state index in [4.69, 9.17) is 10.5 Å². The number of nitrogens with two attached hydrogens (primary N) is 1. The van der Waals surface area contributed by atoms with Gasteiger partial charge in [0.25, 0.3) is 5.91 Å². The SMILES string of the molecule is CCCOC(=O)c1c(NC(=O)Cn2ncc(Br)c2C)sc(C(N)=O)c1C. The minimum atomic E-state index is -0.663. The summed E-state index contributed by atoms with van der Waals surface area (Å²) in [5.74, 6) is -1.64. The topological polar surface area (TPSA) is 116 Å². The number of amides is 2. The molecule has 0 aliphatic carbocycles. The second-order valence-corrected chi connectivity index (χ2v) is 7.42. The molecule has 0 aromatic carbocycles. The van der Waals surface area contributed by atoms with E-state index in [1.54, 1.807) is 13.1 Å². The largest absolute Gasteiger partial charge is 0.462 e. The van der Waals surface area contributed by atoms with E-state index in [1.807, 2.05) is 13.8 Å². The third kappa shape index (κ3) is 4.31. The lowest BCUT2D eigenvalue weighted by Crippen LogP contribution is -2.21. The number of nitrogens with one attached hydrogen (secondary N) is 1. The number of esters is 1. The second kappa shape index (κ2) is 8.45. The molecule has 0 unspecified atom stereocenters. The van der Waals surface area contributed by atoms with Crippen molar-refractivity contribution in [2.24, 2.45) is 5.73 Å². The quantitative estimate of drug-likeness (QED) is 0.639. The zero-order chi connectivity index (χ0) is 19.4. The molecule has 2 aromatic rings. The van der Waals surface area contributed by atoms with E-state index in [0.717, 1.165) is 21.5 Å². The van der Waals surface area contributed by atoms with Crippen LogP contribution < -0.4 is 11.1 Å². The molecule has 3 N–H and O–H groups in total. The van der Waals surface area contributed by atoms with Crippen LogP contribution in [-0.2, 0) is 16.1 Å². The van der Waals surface area contributed by atoms with Crippen LogP contribution >= 0.6 is 27.3 Å². The minimum Gasteiger partial charge on any atom is -0.462 e. The number of halogens is 1. The number of primary amides is 1. The highest BCUT2D eigenvalue weighted by Gasteiger charge is 2.26. The predicted octanol–water partition coefficient (Wildman–Crippen LogP) is 2.63. The second-order valence-electron chi connectivity index (χ2n) is 5.54. The summed E-state index contributed by atoms with van der Waals surface area (Å²) < 4.78 is 7.46. The average molecular weight is 443 g/mol. The number of ether oxygens (including phenoxy) is 1. The fraction of sp³-hybridized carbons (Fsp3) is 0.375. The standard InChI is InChI=1S/C16H19BrN4O4S/c1-4-5-25-16(24)12-8(2)13(14(18)23)26-15(12)20-11(22)7-21-9(3)10(17)6-19-21/h6H,4-5,7H2,1-3H3,(H2,18,23)(H,20,22). The molecule has 0 bridgehead atoms. The van der Waals surface area contributed by atoms with Gasteiger partial charge in [0.15, 0.2) is 0 Å². The molecular formula is C16H19BrN4O4S. The molecule has 0 fully saturated rings. The van der Waals surface area contributed by atoms with E-state index < -0.39 is 11.9 Å². The summed E-state index contributed by atoms with van der Waals surface area (Å²) in [7, 11) is 0. The zero-order valence-electron chi connectivity index (χ0n) is 14.6. The van der Waals surface area contributed by atoms with Gasteiger partial charge in [-0.05, 0) is 41.8 Å². The Bertz CT molecular complexity index is 859. The molecule has 2 rings (SSSR count). The van der Waals surface area contributed by atoms with Gasteiger partial charge in [0.1, 0.15) is 11.5 Å². The van der Waals surface area contributed by atoms with Crippen LogP contribution in [0, 0.1) is 13.8 Å². The maximum atomic E-state index is 12.4. The maximum absolute atomic E-state index is 12.4. The summed E-state index contributed by atoms with van der Waals surface area (Å²) in [5, 5.41) is 7.00. The van der Waals surface area contributed by atoms with Crippen LogP contribution in [0.15, 0.2) is 10.7 Å². The van der Waals surface area contributed by atoms with Crippen molar-refractivity contribution in [3.63, 3.8) is 0 Å². The van der Waals surface area contributed by atoms with Gasteiger partial charge in [0.2, 0.25) is 5.91 Å². The van der Waals surface area contributed by atoms with Crippen LogP contribution in [0.25, 0.3) is 0 Å². The monoisotopic (exact) mass is 442 g/mol. The molecule has 8 nitrogen and oxygen atoms in total. The van der Waals surface area contributed by atoms with E-state index in [0.29, 0.717) is 12.0 Å². The van der Waals surface area contributed by atoms with Crippen molar-refractivity contribution in [2.75, 3.05) is 11.9 Å². The molecule has 0 saturated carbocycles. The van der Waals surface area contributed by atoms with E-state index >= 15 is 0 Å². The molecule has 10 heteroatoms. The maximum Gasteiger partial charge on any atom is 0.341 e. The number of carbonyl (C=O) groups is 3. The fourth-order valence-corrected chi connectivity index (χ4v) is 3.59. The van der Waals surface area contributed by atoms with Crippen LogP contribution in [0.5, 0.6) is 0 Å². The van der Waals surface area contributed by atoms with Gasteiger partial charge in [0, 0.05) is 0 Å². The van der Waals surface area contributed by atoms with Crippen LogP contribution in [0.2, 0.25) is 0 Å². The first-order chi connectivity index (χ1) is 12.3. The van der Waals surface area contributed by atoms with Crippen molar-refractivity contribution >= 4 is 50.1 Å². The summed E-state index contributed by atoms with van der Waals surface area (Å²) in [6, 6.07) is 0. The lowest BCUT2D eigenvalue weighted by molar-refractivity contribution is -0.116. The van der Waals surface area contributed by atoms with Gasteiger partial charge >= 0.3 is 5.97 Å². The Morgan fingerprint density at radius 2 is 2.08 bits per heavy atom. The lowest BCUT2D eigenvalue weighted by atomic mass is 10.1. The molecule has 0 saturated heterocycles. The Hall–Kier alpha value is -2.20. The Labute approximate surface area is 162 Å². The van der Waals surface area contributed by atoms with Gasteiger partial charge < -0.3 is 15.8 Å². The highest BCUT2D eigenvalue weighted by molar-refractivity contribution is 9.10. The van der Waals surface area contributed by atoms with Crippen molar-refractivity contribution in [3.05, 3.63) is 32.4 Å². The Balaban J connectivity index is 2.27. The first-order valence-corrected chi connectivity index (χ1v) is 9.45. The van der Waals surface area contributed by atoms with E-state index in [1.165, 1.54) is 4.68 Å². The molecule has 2 aromatic heterocycles. The number of nitrogens with zero attached hydrogens (tertiary/aromatic N) is 2. The smallest absolute Gasteiger partial charge is 0.341 e. The average Bonchev–Trinajstić information content (AvgIpc) is 3.06. The molecule has 2 amide bonds. The van der Waals surface area contributed by atoms with Crippen molar-refractivity contribution in [3.8, 4) is 0 Å². The lowest BCUT2D eigenvalue weighted by Gasteiger charge is -2.08. The molecule has 2 heterocycles. The molecule has 0 spiro atoms.